The van der Waals surface area contributed by atoms with Gasteiger partial charge in [0.25, 0.3) is 5.91 Å². The van der Waals surface area contributed by atoms with Gasteiger partial charge in [0, 0.05) is 50.6 Å². The summed E-state index contributed by atoms with van der Waals surface area (Å²) in [6.45, 7) is 10.1. The molecule has 0 spiro atoms. The maximum atomic E-state index is 13.7. The zero-order chi connectivity index (χ0) is 26.3. The summed E-state index contributed by atoms with van der Waals surface area (Å²) >= 11 is 0. The van der Waals surface area contributed by atoms with E-state index in [9.17, 15) is 14.4 Å². The summed E-state index contributed by atoms with van der Waals surface area (Å²) in [5.41, 5.74) is 1.06. The molecule has 4 aliphatic rings. The van der Waals surface area contributed by atoms with Crippen molar-refractivity contribution < 1.29 is 23.9 Å². The second-order valence-electron chi connectivity index (χ2n) is 11.9. The Hall–Kier alpha value is -2.49. The lowest BCUT2D eigenvalue weighted by Gasteiger charge is -2.43. The van der Waals surface area contributed by atoms with Gasteiger partial charge in [-0.05, 0) is 42.5 Å². The predicted molar refractivity (Wildman–Crippen MR) is 140 cm³/mol. The fourth-order valence-corrected chi connectivity index (χ4v) is 6.00. The Kier molecular flexibility index (Phi) is 7.31. The van der Waals surface area contributed by atoms with Gasteiger partial charge in [-0.3, -0.25) is 19.3 Å². The highest BCUT2D eigenvalue weighted by Crippen LogP contribution is 2.32. The zero-order valence-corrected chi connectivity index (χ0v) is 22.4. The van der Waals surface area contributed by atoms with Gasteiger partial charge in [0.1, 0.15) is 30.9 Å². The molecule has 202 valence electrons. The van der Waals surface area contributed by atoms with Gasteiger partial charge in [-0.1, -0.05) is 27.2 Å². The molecule has 0 aromatic heterocycles. The van der Waals surface area contributed by atoms with Crippen LogP contribution in [0.25, 0.3) is 0 Å². The van der Waals surface area contributed by atoms with E-state index in [1.807, 2.05) is 45.0 Å². The third kappa shape index (κ3) is 5.13. The number of nitrogens with one attached hydrogen (secondary N) is 1. The third-order valence-electron chi connectivity index (χ3n) is 8.51. The molecule has 3 aliphatic heterocycles. The van der Waals surface area contributed by atoms with Crippen LogP contribution in [-0.2, 0) is 19.1 Å². The van der Waals surface area contributed by atoms with Crippen LogP contribution in [-0.4, -0.2) is 104 Å². The van der Waals surface area contributed by atoms with E-state index in [1.165, 1.54) is 24.2 Å². The van der Waals surface area contributed by atoms with E-state index in [2.05, 4.69) is 15.1 Å². The molecule has 37 heavy (non-hydrogen) atoms. The highest BCUT2D eigenvalue weighted by molar-refractivity contribution is 5.99. The standard InChI is InChI=1S/C28H40N4O5/c1-28(2,3)25(27(35)32-16-22(36-4)24-23(32)21(33)17-37-24)29-26(34)18-8-10-20(11-9-18)31-14-12-30(13-15-31)19-6-5-7-19/h8-11,19,22-25H,5-7,12-17H2,1-4H3,(H,29,34)/t22-,23+,24+,25?/m0/s1. The molecule has 5 rings (SSSR count). The predicted octanol–water partition coefficient (Wildman–Crippen LogP) is 1.70. The van der Waals surface area contributed by atoms with Gasteiger partial charge >= 0.3 is 0 Å². The summed E-state index contributed by atoms with van der Waals surface area (Å²) in [6.07, 6.45) is 3.20. The first kappa shape index (κ1) is 26.1. The second-order valence-corrected chi connectivity index (χ2v) is 11.9. The number of anilines is 1. The Labute approximate surface area is 219 Å². The van der Waals surface area contributed by atoms with Crippen LogP contribution in [0.15, 0.2) is 24.3 Å². The molecule has 9 heteroatoms. The Bertz CT molecular complexity index is 1010. The number of amides is 2. The molecule has 0 bridgehead atoms. The first-order valence-corrected chi connectivity index (χ1v) is 13.5. The largest absolute Gasteiger partial charge is 0.377 e. The average molecular weight is 513 g/mol. The molecule has 1 unspecified atom stereocenters. The fourth-order valence-electron chi connectivity index (χ4n) is 6.00. The molecule has 3 heterocycles. The molecule has 3 saturated heterocycles. The van der Waals surface area contributed by atoms with Crippen molar-refractivity contribution in [3.63, 3.8) is 0 Å². The fraction of sp³-hybridized carbons (Fsp3) is 0.679. The molecule has 1 aromatic rings. The van der Waals surface area contributed by atoms with Gasteiger partial charge in [0.2, 0.25) is 5.91 Å². The van der Waals surface area contributed by atoms with Gasteiger partial charge in [-0.15, -0.1) is 0 Å². The van der Waals surface area contributed by atoms with Crippen LogP contribution in [0.1, 0.15) is 50.4 Å². The molecule has 0 radical (unpaired) electrons. The summed E-state index contributed by atoms with van der Waals surface area (Å²) in [6, 6.07) is 6.95. The van der Waals surface area contributed by atoms with E-state index in [0.29, 0.717) is 5.56 Å². The van der Waals surface area contributed by atoms with Crippen LogP contribution in [0.5, 0.6) is 0 Å². The molecule has 4 fully saturated rings. The van der Waals surface area contributed by atoms with Crippen LogP contribution in [0.3, 0.4) is 0 Å². The van der Waals surface area contributed by atoms with Crippen molar-refractivity contribution in [2.45, 2.75) is 70.4 Å². The first-order chi connectivity index (χ1) is 17.7. The van der Waals surface area contributed by atoms with Crippen molar-refractivity contribution in [1.82, 2.24) is 15.1 Å². The minimum absolute atomic E-state index is 0.0203. The van der Waals surface area contributed by atoms with E-state index in [4.69, 9.17) is 9.47 Å². The lowest BCUT2D eigenvalue weighted by molar-refractivity contribution is -0.140. The number of likely N-dealkylation sites (tertiary alicyclic amines) is 1. The lowest BCUT2D eigenvalue weighted by Crippen LogP contribution is -2.57. The van der Waals surface area contributed by atoms with Crippen molar-refractivity contribution in [2.75, 3.05) is 51.3 Å². The number of rotatable bonds is 6. The number of benzene rings is 1. The van der Waals surface area contributed by atoms with Crippen molar-refractivity contribution in [1.29, 1.82) is 0 Å². The number of fused-ring (bicyclic) bond motifs is 1. The van der Waals surface area contributed by atoms with Gasteiger partial charge in [0.15, 0.2) is 5.78 Å². The number of hydrogen-bond acceptors (Lipinski definition) is 7. The molecule has 4 atom stereocenters. The van der Waals surface area contributed by atoms with Crippen LogP contribution in [0, 0.1) is 5.41 Å². The smallest absolute Gasteiger partial charge is 0.251 e. The zero-order valence-electron chi connectivity index (χ0n) is 22.4. The number of methoxy groups -OCH3 is 1. The summed E-state index contributed by atoms with van der Waals surface area (Å²) in [5, 5.41) is 2.96. The number of Topliss-reactive ketones (excluding diaryl/α,β-unsaturated/α-hetero) is 1. The average Bonchev–Trinajstić information content (AvgIpc) is 3.41. The van der Waals surface area contributed by atoms with E-state index < -0.39 is 23.6 Å². The molecular weight excluding hydrogens is 472 g/mol. The summed E-state index contributed by atoms with van der Waals surface area (Å²) in [4.78, 5) is 46.0. The number of carbonyl (C=O) groups is 3. The Morgan fingerprint density at radius 1 is 1.08 bits per heavy atom. The van der Waals surface area contributed by atoms with Crippen LogP contribution in [0.2, 0.25) is 0 Å². The SMILES string of the molecule is CO[C@H]1CN(C(=O)C(NC(=O)c2ccc(N3CCN(C4CCC4)CC3)cc2)C(C)(C)C)[C@@H]2C(=O)CO[C@H]12. The van der Waals surface area contributed by atoms with E-state index in [1.54, 1.807) is 7.11 Å². The lowest BCUT2D eigenvalue weighted by atomic mass is 9.85. The van der Waals surface area contributed by atoms with Gasteiger partial charge < -0.3 is 24.6 Å². The molecule has 2 amide bonds. The maximum absolute atomic E-state index is 13.7. The number of nitrogens with zero attached hydrogens (tertiary/aromatic N) is 3. The number of hydrogen-bond donors (Lipinski definition) is 1. The quantitative estimate of drug-likeness (QED) is 0.620. The van der Waals surface area contributed by atoms with Gasteiger partial charge in [0.05, 0.1) is 6.54 Å². The minimum Gasteiger partial charge on any atom is -0.377 e. The van der Waals surface area contributed by atoms with Crippen molar-refractivity contribution in [3.05, 3.63) is 29.8 Å². The van der Waals surface area contributed by atoms with E-state index in [0.717, 1.165) is 37.9 Å². The highest BCUT2D eigenvalue weighted by atomic mass is 16.5. The van der Waals surface area contributed by atoms with Crippen molar-refractivity contribution in [3.8, 4) is 0 Å². The molecule has 1 saturated carbocycles. The van der Waals surface area contributed by atoms with E-state index >= 15 is 0 Å². The first-order valence-electron chi connectivity index (χ1n) is 13.5. The topological polar surface area (TPSA) is 91.4 Å². The number of ketones is 1. The molecular formula is C28H40N4O5. The summed E-state index contributed by atoms with van der Waals surface area (Å²) in [7, 11) is 1.56. The van der Waals surface area contributed by atoms with Crippen LogP contribution in [0.4, 0.5) is 5.69 Å². The van der Waals surface area contributed by atoms with Crippen molar-refractivity contribution in [2.24, 2.45) is 5.41 Å². The minimum atomic E-state index is -0.802. The molecule has 1 aliphatic carbocycles. The number of piperazine rings is 1. The number of carbonyl (C=O) groups excluding carboxylic acids is 3. The Morgan fingerprint density at radius 3 is 2.32 bits per heavy atom. The van der Waals surface area contributed by atoms with Crippen LogP contribution >= 0.6 is 0 Å². The second kappa shape index (κ2) is 10.3. The molecule has 9 nitrogen and oxygen atoms in total. The van der Waals surface area contributed by atoms with Crippen LogP contribution < -0.4 is 10.2 Å². The summed E-state index contributed by atoms with van der Waals surface area (Å²) < 4.78 is 11.1. The van der Waals surface area contributed by atoms with Gasteiger partial charge in [-0.25, -0.2) is 0 Å². The normalized spacial score (nSPS) is 27.7. The summed E-state index contributed by atoms with van der Waals surface area (Å²) in [5.74, 6) is -0.709. The highest BCUT2D eigenvalue weighted by Gasteiger charge is 2.54. The third-order valence-corrected chi connectivity index (χ3v) is 8.51. The van der Waals surface area contributed by atoms with Gasteiger partial charge in [-0.2, -0.15) is 0 Å². The van der Waals surface area contributed by atoms with E-state index in [-0.39, 0.29) is 36.9 Å². The monoisotopic (exact) mass is 512 g/mol. The molecule has 1 N–H and O–H groups in total. The maximum Gasteiger partial charge on any atom is 0.251 e. The Morgan fingerprint density at radius 2 is 1.76 bits per heavy atom. The number of ether oxygens (including phenoxy) is 2. The van der Waals surface area contributed by atoms with Crippen molar-refractivity contribution >= 4 is 23.3 Å². The molecule has 1 aromatic carbocycles. The Balaban J connectivity index is 1.24.